The number of likely N-dealkylation sites (tertiary alicyclic amines) is 1. The number of amides is 1. The monoisotopic (exact) mass is 373 g/mol. The van der Waals surface area contributed by atoms with Crippen LogP contribution in [0.25, 0.3) is 21.3 Å². The topological polar surface area (TPSA) is 55.2 Å². The van der Waals surface area contributed by atoms with Crippen LogP contribution in [0.15, 0.2) is 40.8 Å². The maximum atomic E-state index is 12.9. The molecular weight excluding hydrogens is 358 g/mol. The highest BCUT2D eigenvalue weighted by Crippen LogP contribution is 2.32. The Morgan fingerprint density at radius 1 is 1.20 bits per heavy atom. The molecule has 3 heterocycles. The van der Waals surface area contributed by atoms with Gasteiger partial charge in [-0.15, -0.1) is 11.3 Å². The maximum absolute atomic E-state index is 12.9. The number of thiophene rings is 1. The fourth-order valence-corrected chi connectivity index (χ4v) is 4.23. The van der Waals surface area contributed by atoms with Crippen molar-refractivity contribution in [2.24, 2.45) is 0 Å². The fraction of sp³-hybridized carbons (Fsp3) is 0.278. The quantitative estimate of drug-likeness (QED) is 0.707. The first kappa shape index (κ1) is 16.3. The summed E-state index contributed by atoms with van der Waals surface area (Å²) in [7, 11) is 0. The van der Waals surface area contributed by atoms with Crippen molar-refractivity contribution < 1.29 is 4.79 Å². The first-order chi connectivity index (χ1) is 12.1. The van der Waals surface area contributed by atoms with Crippen molar-refractivity contribution in [1.82, 2.24) is 14.5 Å². The van der Waals surface area contributed by atoms with Gasteiger partial charge in [0.05, 0.1) is 17.2 Å². The normalized spacial score (nSPS) is 14.4. The van der Waals surface area contributed by atoms with Gasteiger partial charge in [-0.05, 0) is 30.5 Å². The van der Waals surface area contributed by atoms with E-state index >= 15 is 0 Å². The van der Waals surface area contributed by atoms with Gasteiger partial charge in [-0.3, -0.25) is 14.2 Å². The van der Waals surface area contributed by atoms with Crippen LogP contribution in [0.2, 0.25) is 5.02 Å². The Morgan fingerprint density at radius 3 is 2.64 bits per heavy atom. The van der Waals surface area contributed by atoms with Crippen molar-refractivity contribution in [3.8, 4) is 10.4 Å². The number of carbonyl (C=O) groups is 1. The first-order valence-electron chi connectivity index (χ1n) is 8.14. The van der Waals surface area contributed by atoms with Gasteiger partial charge in [0.1, 0.15) is 6.54 Å². The lowest BCUT2D eigenvalue weighted by atomic mass is 10.1. The van der Waals surface area contributed by atoms with Crippen molar-refractivity contribution in [3.63, 3.8) is 0 Å². The second-order valence-electron chi connectivity index (χ2n) is 6.10. The molecule has 0 aliphatic carbocycles. The predicted molar refractivity (Wildman–Crippen MR) is 100 cm³/mol. The van der Waals surface area contributed by atoms with E-state index in [4.69, 9.17) is 11.6 Å². The molecule has 1 saturated heterocycles. The molecule has 1 aliphatic rings. The molecule has 4 rings (SSSR count). The van der Waals surface area contributed by atoms with Gasteiger partial charge in [-0.25, -0.2) is 4.98 Å². The minimum atomic E-state index is -0.177. The van der Waals surface area contributed by atoms with Crippen LogP contribution in [0.4, 0.5) is 0 Å². The van der Waals surface area contributed by atoms with Gasteiger partial charge < -0.3 is 4.90 Å². The second kappa shape index (κ2) is 6.61. The lowest BCUT2D eigenvalue weighted by molar-refractivity contribution is -0.130. The minimum Gasteiger partial charge on any atom is -0.341 e. The molecule has 1 fully saturated rings. The Morgan fingerprint density at radius 2 is 1.92 bits per heavy atom. The summed E-state index contributed by atoms with van der Waals surface area (Å²) in [6.07, 6.45) is 3.53. The molecule has 7 heteroatoms. The fourth-order valence-electron chi connectivity index (χ4n) is 3.12. The van der Waals surface area contributed by atoms with Gasteiger partial charge in [0.2, 0.25) is 5.91 Å². The molecule has 2 aromatic heterocycles. The number of carbonyl (C=O) groups excluding carboxylic acids is 1. The van der Waals surface area contributed by atoms with Gasteiger partial charge in [0.25, 0.3) is 5.56 Å². The van der Waals surface area contributed by atoms with Crippen molar-refractivity contribution in [3.05, 3.63) is 51.3 Å². The van der Waals surface area contributed by atoms with E-state index in [0.717, 1.165) is 36.4 Å². The highest BCUT2D eigenvalue weighted by atomic mass is 35.5. The van der Waals surface area contributed by atoms with E-state index in [1.54, 1.807) is 12.1 Å². The second-order valence-corrected chi connectivity index (χ2v) is 7.41. The molecular formula is C18H16ClN3O2S. The Hall–Kier alpha value is -2.18. The maximum Gasteiger partial charge on any atom is 0.263 e. The number of hydrogen-bond donors (Lipinski definition) is 0. The van der Waals surface area contributed by atoms with Crippen LogP contribution in [-0.4, -0.2) is 33.4 Å². The lowest BCUT2D eigenvalue weighted by Crippen LogP contribution is -2.34. The molecule has 128 valence electrons. The number of nitrogens with zero attached hydrogens (tertiary/aromatic N) is 3. The molecule has 0 unspecified atom stereocenters. The molecule has 25 heavy (non-hydrogen) atoms. The van der Waals surface area contributed by atoms with E-state index in [-0.39, 0.29) is 18.0 Å². The molecule has 0 spiro atoms. The Labute approximate surface area is 153 Å². The molecule has 0 saturated carbocycles. The summed E-state index contributed by atoms with van der Waals surface area (Å²) in [4.78, 5) is 32.3. The van der Waals surface area contributed by atoms with E-state index < -0.39 is 0 Å². The van der Waals surface area contributed by atoms with Crippen molar-refractivity contribution >= 4 is 39.7 Å². The SMILES string of the molecule is O=C(Cn1cnc2csc(-c3ccc(Cl)cc3)c2c1=O)N1CCCC1. The van der Waals surface area contributed by atoms with Crippen LogP contribution >= 0.6 is 22.9 Å². The molecule has 1 aromatic carbocycles. The molecule has 1 amide bonds. The molecule has 0 N–H and O–H groups in total. The average molecular weight is 374 g/mol. The van der Waals surface area contributed by atoms with Crippen molar-refractivity contribution in [2.45, 2.75) is 19.4 Å². The minimum absolute atomic E-state index is 0.0241. The number of halogens is 1. The molecule has 5 nitrogen and oxygen atoms in total. The van der Waals surface area contributed by atoms with Crippen molar-refractivity contribution in [2.75, 3.05) is 13.1 Å². The zero-order valence-electron chi connectivity index (χ0n) is 13.4. The number of aromatic nitrogens is 2. The number of hydrogen-bond acceptors (Lipinski definition) is 4. The standard InChI is InChI=1S/C18H16ClN3O2S/c19-13-5-3-12(4-6-13)17-16-14(10-25-17)20-11-22(18(16)24)9-15(23)21-7-1-2-8-21/h3-6,10-11H,1-2,7-9H2. The molecule has 0 radical (unpaired) electrons. The van der Waals surface area contributed by atoms with Gasteiger partial charge in [-0.2, -0.15) is 0 Å². The summed E-state index contributed by atoms with van der Waals surface area (Å²) < 4.78 is 1.41. The summed E-state index contributed by atoms with van der Waals surface area (Å²) in [6.45, 7) is 1.59. The molecule has 1 aliphatic heterocycles. The summed E-state index contributed by atoms with van der Waals surface area (Å²) in [5, 5.41) is 3.08. The van der Waals surface area contributed by atoms with Crippen LogP contribution in [0.5, 0.6) is 0 Å². The third-order valence-corrected chi connectivity index (χ3v) is 5.72. The van der Waals surface area contributed by atoms with Crippen LogP contribution in [-0.2, 0) is 11.3 Å². The number of rotatable bonds is 3. The Balaban J connectivity index is 1.74. The van der Waals surface area contributed by atoms with Gasteiger partial charge in [-0.1, -0.05) is 23.7 Å². The Kier molecular flexibility index (Phi) is 4.31. The Bertz CT molecular complexity index is 988. The molecule has 3 aromatic rings. The van der Waals surface area contributed by atoms with Crippen molar-refractivity contribution in [1.29, 1.82) is 0 Å². The van der Waals surface area contributed by atoms with Gasteiger partial charge in [0, 0.05) is 28.4 Å². The summed E-state index contributed by atoms with van der Waals surface area (Å²) in [5.74, 6) is -0.0241. The smallest absolute Gasteiger partial charge is 0.263 e. The number of fused-ring (bicyclic) bond motifs is 1. The van der Waals surface area contributed by atoms with Crippen LogP contribution in [0, 0.1) is 0 Å². The third-order valence-electron chi connectivity index (χ3n) is 4.45. The summed E-state index contributed by atoms with van der Waals surface area (Å²) >= 11 is 7.42. The first-order valence-corrected chi connectivity index (χ1v) is 9.39. The van der Waals surface area contributed by atoms with E-state index in [2.05, 4.69) is 4.98 Å². The average Bonchev–Trinajstić information content (AvgIpc) is 3.28. The lowest BCUT2D eigenvalue weighted by Gasteiger charge is -2.15. The summed E-state index contributed by atoms with van der Waals surface area (Å²) in [5.41, 5.74) is 1.40. The van der Waals surface area contributed by atoms with Crippen LogP contribution in [0.3, 0.4) is 0 Å². The molecule has 0 atom stereocenters. The van der Waals surface area contributed by atoms with Crippen LogP contribution in [0.1, 0.15) is 12.8 Å². The van der Waals surface area contributed by atoms with Gasteiger partial charge >= 0.3 is 0 Å². The largest absolute Gasteiger partial charge is 0.341 e. The van der Waals surface area contributed by atoms with E-state index in [1.807, 2.05) is 22.4 Å². The molecule has 0 bridgehead atoms. The van der Waals surface area contributed by atoms with E-state index in [9.17, 15) is 9.59 Å². The highest BCUT2D eigenvalue weighted by Gasteiger charge is 2.20. The van der Waals surface area contributed by atoms with E-state index in [1.165, 1.54) is 22.2 Å². The third kappa shape index (κ3) is 3.07. The number of benzene rings is 1. The van der Waals surface area contributed by atoms with E-state index in [0.29, 0.717) is 15.9 Å². The van der Waals surface area contributed by atoms with Gasteiger partial charge in [0.15, 0.2) is 0 Å². The van der Waals surface area contributed by atoms with Crippen LogP contribution < -0.4 is 5.56 Å². The zero-order valence-corrected chi connectivity index (χ0v) is 15.0. The highest BCUT2D eigenvalue weighted by molar-refractivity contribution is 7.15. The predicted octanol–water partition coefficient (Wildman–Crippen LogP) is 3.40. The summed E-state index contributed by atoms with van der Waals surface area (Å²) in [6, 6.07) is 7.38. The zero-order chi connectivity index (χ0) is 17.4.